The molecule has 0 saturated heterocycles. The van der Waals surface area contributed by atoms with Gasteiger partial charge in [0, 0.05) is 34.7 Å². The van der Waals surface area contributed by atoms with E-state index in [-0.39, 0.29) is 5.91 Å². The van der Waals surface area contributed by atoms with Gasteiger partial charge in [0.15, 0.2) is 5.13 Å². The Morgan fingerprint density at radius 2 is 2.08 bits per heavy atom. The highest BCUT2D eigenvalue weighted by atomic mass is 35.5. The number of hydrogen-bond donors (Lipinski definition) is 1. The van der Waals surface area contributed by atoms with Gasteiger partial charge >= 0.3 is 0 Å². The van der Waals surface area contributed by atoms with Gasteiger partial charge < -0.3 is 0 Å². The van der Waals surface area contributed by atoms with Crippen LogP contribution in [-0.4, -0.2) is 20.7 Å². The largest absolute Gasteiger partial charge is 0.298 e. The number of benzene rings is 1. The highest BCUT2D eigenvalue weighted by Gasteiger charge is 2.11. The Labute approximate surface area is 158 Å². The molecule has 1 aromatic carbocycles. The maximum atomic E-state index is 12.1. The lowest BCUT2D eigenvalue weighted by Crippen LogP contribution is -2.07. The lowest BCUT2D eigenvalue weighted by Gasteiger charge is -1.99. The lowest BCUT2D eigenvalue weighted by molar-refractivity contribution is -0.111. The monoisotopic (exact) mass is 392 g/mol. The van der Waals surface area contributed by atoms with Crippen molar-refractivity contribution in [3.63, 3.8) is 0 Å². The summed E-state index contributed by atoms with van der Waals surface area (Å²) < 4.78 is 1.56. The van der Waals surface area contributed by atoms with E-state index < -0.39 is 0 Å². The minimum atomic E-state index is -0.292. The van der Waals surface area contributed by atoms with Crippen LogP contribution >= 0.6 is 34.5 Å². The molecule has 25 heavy (non-hydrogen) atoms. The third-order valence-corrected chi connectivity index (χ3v) is 5.02. The molecule has 8 heteroatoms. The number of hydrogen-bond acceptors (Lipinski definition) is 4. The molecule has 2 aromatic heterocycles. The predicted molar refractivity (Wildman–Crippen MR) is 103 cm³/mol. The second-order valence-corrected chi connectivity index (χ2v) is 6.88. The number of thiazole rings is 1. The summed E-state index contributed by atoms with van der Waals surface area (Å²) in [5, 5.41) is 10.4. The smallest absolute Gasteiger partial charge is 0.250 e. The summed E-state index contributed by atoms with van der Waals surface area (Å²) in [6.45, 7) is 1.83. The van der Waals surface area contributed by atoms with Gasteiger partial charge in [-0.05, 0) is 19.1 Å². The number of anilines is 1. The molecular weight excluding hydrogens is 379 g/mol. The highest BCUT2D eigenvalue weighted by Crippen LogP contribution is 2.30. The van der Waals surface area contributed by atoms with E-state index >= 15 is 0 Å². The molecule has 128 valence electrons. The van der Waals surface area contributed by atoms with Gasteiger partial charge in [-0.15, -0.1) is 11.3 Å². The molecule has 0 aliphatic heterocycles. The minimum absolute atomic E-state index is 0.292. The molecule has 0 unspecified atom stereocenters. The van der Waals surface area contributed by atoms with Crippen molar-refractivity contribution in [1.29, 1.82) is 0 Å². The summed E-state index contributed by atoms with van der Waals surface area (Å²) in [6.07, 6.45) is 3.05. The molecule has 0 aliphatic rings. The van der Waals surface area contributed by atoms with Crippen LogP contribution < -0.4 is 5.32 Å². The molecule has 0 aliphatic carbocycles. The number of nitrogens with zero attached hydrogens (tertiary/aromatic N) is 3. The number of halogens is 2. The first-order chi connectivity index (χ1) is 12.0. The number of aryl methyl sites for hydroxylation is 2. The number of amides is 1. The van der Waals surface area contributed by atoms with E-state index in [4.69, 9.17) is 23.2 Å². The Kier molecular flexibility index (Phi) is 5.22. The normalized spacial score (nSPS) is 11.2. The molecule has 0 atom stereocenters. The van der Waals surface area contributed by atoms with Crippen LogP contribution in [0.5, 0.6) is 0 Å². The second kappa shape index (κ2) is 7.39. The number of rotatable bonds is 4. The quantitative estimate of drug-likeness (QED) is 0.647. The third kappa shape index (κ3) is 3.92. The predicted octanol–water partition coefficient (Wildman–Crippen LogP) is 4.81. The van der Waals surface area contributed by atoms with Gasteiger partial charge in [0.25, 0.3) is 0 Å². The van der Waals surface area contributed by atoms with E-state index in [1.165, 1.54) is 17.4 Å². The summed E-state index contributed by atoms with van der Waals surface area (Å²) in [7, 11) is 1.75. The van der Waals surface area contributed by atoms with Crippen molar-refractivity contribution in [3.8, 4) is 11.3 Å². The zero-order valence-electron chi connectivity index (χ0n) is 13.5. The van der Waals surface area contributed by atoms with Crippen molar-refractivity contribution in [2.75, 3.05) is 5.32 Å². The molecule has 1 N–H and O–H groups in total. The van der Waals surface area contributed by atoms with Gasteiger partial charge in [-0.25, -0.2) is 4.98 Å². The van der Waals surface area contributed by atoms with E-state index in [0.717, 1.165) is 22.5 Å². The number of carbonyl (C=O) groups is 1. The van der Waals surface area contributed by atoms with Crippen LogP contribution in [0.3, 0.4) is 0 Å². The standard InChI is InChI=1S/C17H14Cl2N4OS/c1-10-11(16(19)23(2)22-10)7-8-15(24)21-17-20-14(9-25-17)12-5-3-4-6-13(12)18/h3-9H,1-2H3,(H,20,21,24)/b8-7+. The highest BCUT2D eigenvalue weighted by molar-refractivity contribution is 7.14. The summed E-state index contributed by atoms with van der Waals surface area (Å²) >= 11 is 13.6. The third-order valence-electron chi connectivity index (χ3n) is 3.48. The molecule has 3 rings (SSSR count). The van der Waals surface area contributed by atoms with Gasteiger partial charge in [-0.1, -0.05) is 41.4 Å². The Hall–Kier alpha value is -2.15. The van der Waals surface area contributed by atoms with E-state index in [9.17, 15) is 4.79 Å². The van der Waals surface area contributed by atoms with Crippen LogP contribution in [0.15, 0.2) is 35.7 Å². The Bertz CT molecular complexity index is 961. The molecule has 0 saturated carbocycles. The van der Waals surface area contributed by atoms with Crippen LogP contribution in [0.1, 0.15) is 11.3 Å². The summed E-state index contributed by atoms with van der Waals surface area (Å²) in [4.78, 5) is 16.5. The molecule has 1 amide bonds. The van der Waals surface area contributed by atoms with Crippen LogP contribution in [0.25, 0.3) is 17.3 Å². The van der Waals surface area contributed by atoms with E-state index in [2.05, 4.69) is 15.4 Å². The van der Waals surface area contributed by atoms with E-state index in [1.54, 1.807) is 23.9 Å². The summed E-state index contributed by atoms with van der Waals surface area (Å²) in [5.41, 5.74) is 3.03. The molecule has 0 radical (unpaired) electrons. The first kappa shape index (κ1) is 17.7. The van der Waals surface area contributed by atoms with E-state index in [1.807, 2.05) is 30.5 Å². The van der Waals surface area contributed by atoms with Crippen LogP contribution in [0, 0.1) is 6.92 Å². The van der Waals surface area contributed by atoms with Crippen molar-refractivity contribution < 1.29 is 4.79 Å². The van der Waals surface area contributed by atoms with Crippen LogP contribution in [-0.2, 0) is 11.8 Å². The topological polar surface area (TPSA) is 59.8 Å². The Balaban J connectivity index is 1.72. The molecular formula is C17H14Cl2N4OS. The average molecular weight is 393 g/mol. The van der Waals surface area contributed by atoms with Crippen molar-refractivity contribution in [3.05, 3.63) is 57.2 Å². The molecule has 5 nitrogen and oxygen atoms in total. The Morgan fingerprint density at radius 1 is 1.32 bits per heavy atom. The molecule has 0 bridgehead atoms. The molecule has 0 fully saturated rings. The number of nitrogens with one attached hydrogen (secondary N) is 1. The van der Waals surface area contributed by atoms with Crippen molar-refractivity contribution in [2.45, 2.75) is 6.92 Å². The van der Waals surface area contributed by atoms with Gasteiger partial charge in [0.05, 0.1) is 11.4 Å². The average Bonchev–Trinajstić information content (AvgIpc) is 3.12. The summed E-state index contributed by atoms with van der Waals surface area (Å²) in [6, 6.07) is 7.44. The number of aromatic nitrogens is 3. The molecule has 2 heterocycles. The van der Waals surface area contributed by atoms with Crippen LogP contribution in [0.2, 0.25) is 10.2 Å². The fourth-order valence-electron chi connectivity index (χ4n) is 2.27. The molecule has 0 spiro atoms. The van der Waals surface area contributed by atoms with E-state index in [0.29, 0.717) is 15.3 Å². The first-order valence-electron chi connectivity index (χ1n) is 7.34. The fraction of sp³-hybridized carbons (Fsp3) is 0.118. The maximum absolute atomic E-state index is 12.1. The SMILES string of the molecule is Cc1nn(C)c(Cl)c1/C=C/C(=O)Nc1nc(-c2ccccc2Cl)cs1. The minimum Gasteiger partial charge on any atom is -0.298 e. The van der Waals surface area contributed by atoms with Gasteiger partial charge in [-0.2, -0.15) is 5.10 Å². The van der Waals surface area contributed by atoms with Gasteiger partial charge in [-0.3, -0.25) is 14.8 Å². The second-order valence-electron chi connectivity index (χ2n) is 5.25. The fourth-order valence-corrected chi connectivity index (χ4v) is 3.45. The zero-order valence-corrected chi connectivity index (χ0v) is 15.8. The van der Waals surface area contributed by atoms with Crippen molar-refractivity contribution in [1.82, 2.24) is 14.8 Å². The van der Waals surface area contributed by atoms with Crippen molar-refractivity contribution >= 4 is 51.7 Å². The summed E-state index contributed by atoms with van der Waals surface area (Å²) in [5.74, 6) is -0.292. The Morgan fingerprint density at radius 3 is 2.76 bits per heavy atom. The van der Waals surface area contributed by atoms with Crippen LogP contribution in [0.4, 0.5) is 5.13 Å². The molecule has 3 aromatic rings. The van der Waals surface area contributed by atoms with Gasteiger partial charge in [0.1, 0.15) is 5.15 Å². The number of carbonyl (C=O) groups excluding carboxylic acids is 1. The lowest BCUT2D eigenvalue weighted by atomic mass is 10.2. The maximum Gasteiger partial charge on any atom is 0.250 e. The zero-order chi connectivity index (χ0) is 18.0. The van der Waals surface area contributed by atoms with Crippen molar-refractivity contribution in [2.24, 2.45) is 7.05 Å². The first-order valence-corrected chi connectivity index (χ1v) is 8.98. The van der Waals surface area contributed by atoms with Gasteiger partial charge in [0.2, 0.25) is 5.91 Å².